The van der Waals surface area contributed by atoms with Crippen LogP contribution in [0.3, 0.4) is 0 Å². The van der Waals surface area contributed by atoms with E-state index in [1.165, 1.54) is 16.7 Å². The summed E-state index contributed by atoms with van der Waals surface area (Å²) in [6, 6.07) is 5.67. The van der Waals surface area contributed by atoms with Crippen molar-refractivity contribution in [3.05, 3.63) is 56.3 Å². The molecule has 0 bridgehead atoms. The van der Waals surface area contributed by atoms with Crippen LogP contribution in [0.1, 0.15) is 37.3 Å². The Morgan fingerprint density at radius 3 is 2.77 bits per heavy atom. The minimum Gasteiger partial charge on any atom is -0.494 e. The van der Waals surface area contributed by atoms with Crippen molar-refractivity contribution in [2.24, 2.45) is 5.10 Å². The largest absolute Gasteiger partial charge is 0.494 e. The molecule has 0 aliphatic carbocycles. The van der Waals surface area contributed by atoms with Crippen molar-refractivity contribution in [3.8, 4) is 5.88 Å². The Kier molecular flexibility index (Phi) is 6.79. The van der Waals surface area contributed by atoms with Crippen LogP contribution in [0.2, 0.25) is 0 Å². The number of aromatic amines is 1. The van der Waals surface area contributed by atoms with Crippen molar-refractivity contribution in [1.82, 2.24) is 15.0 Å². The molecule has 1 amide bonds. The quantitative estimate of drug-likeness (QED) is 0.391. The molecule has 2 aromatic rings. The van der Waals surface area contributed by atoms with E-state index in [1.54, 1.807) is 12.1 Å². The predicted octanol–water partition coefficient (Wildman–Crippen LogP) is 2.44. The Morgan fingerprint density at radius 2 is 2.12 bits per heavy atom. The van der Waals surface area contributed by atoms with Gasteiger partial charge in [-0.15, -0.1) is 0 Å². The second kappa shape index (κ2) is 9.04. The molecule has 9 heteroatoms. The number of halogens is 1. The first-order chi connectivity index (χ1) is 12.4. The zero-order valence-corrected chi connectivity index (χ0v) is 15.0. The number of H-pyrrole nitrogens is 1. The highest BCUT2D eigenvalue weighted by Gasteiger charge is 2.11. The standard InChI is InChI=1S/C17H19FN4O3S/c1-2-3-4-14(23)21-19-9-13-15(24)20-17(26)22(16(13)25)10-11-5-7-12(18)8-6-11/h5-9,25H,2-4,10H2,1H3,(H,21,23)(H,20,24,26)/b19-9+. The van der Waals surface area contributed by atoms with Gasteiger partial charge in [-0.05, 0) is 36.3 Å². The van der Waals surface area contributed by atoms with Crippen molar-refractivity contribution >= 4 is 24.3 Å². The summed E-state index contributed by atoms with van der Waals surface area (Å²) in [6.45, 7) is 2.09. The van der Waals surface area contributed by atoms with Crippen molar-refractivity contribution < 1.29 is 14.3 Å². The Morgan fingerprint density at radius 1 is 1.42 bits per heavy atom. The second-order valence-electron chi connectivity index (χ2n) is 5.61. The van der Waals surface area contributed by atoms with Crippen LogP contribution in [-0.4, -0.2) is 26.8 Å². The number of rotatable bonds is 7. The van der Waals surface area contributed by atoms with Crippen LogP contribution in [0, 0.1) is 10.6 Å². The van der Waals surface area contributed by atoms with Crippen LogP contribution < -0.4 is 11.0 Å². The zero-order chi connectivity index (χ0) is 19.1. The summed E-state index contributed by atoms with van der Waals surface area (Å²) < 4.78 is 14.3. The van der Waals surface area contributed by atoms with Crippen LogP contribution in [0.15, 0.2) is 34.2 Å². The first-order valence-corrected chi connectivity index (χ1v) is 8.45. The summed E-state index contributed by atoms with van der Waals surface area (Å²) in [5, 5.41) is 14.1. The van der Waals surface area contributed by atoms with E-state index in [0.717, 1.165) is 19.1 Å². The van der Waals surface area contributed by atoms with Gasteiger partial charge in [-0.1, -0.05) is 25.5 Å². The molecule has 0 radical (unpaired) electrons. The number of carbonyl (C=O) groups excluding carboxylic acids is 1. The maximum Gasteiger partial charge on any atom is 0.264 e. The highest BCUT2D eigenvalue weighted by molar-refractivity contribution is 7.71. The normalized spacial score (nSPS) is 11.0. The molecule has 0 fully saturated rings. The van der Waals surface area contributed by atoms with E-state index < -0.39 is 11.4 Å². The number of carbonyl (C=O) groups is 1. The number of hydrazone groups is 1. The summed E-state index contributed by atoms with van der Waals surface area (Å²) in [7, 11) is 0. The number of benzene rings is 1. The van der Waals surface area contributed by atoms with Gasteiger partial charge >= 0.3 is 0 Å². The van der Waals surface area contributed by atoms with Gasteiger partial charge in [0.15, 0.2) is 4.77 Å². The van der Waals surface area contributed by atoms with Crippen LogP contribution >= 0.6 is 12.2 Å². The highest BCUT2D eigenvalue weighted by atomic mass is 32.1. The SMILES string of the molecule is CCCCC(=O)N/N=C/c1c(O)n(Cc2ccc(F)cc2)c(=S)[nH]c1=O. The fraction of sp³-hybridized carbons (Fsp3) is 0.294. The molecule has 0 spiro atoms. The van der Waals surface area contributed by atoms with Gasteiger partial charge < -0.3 is 5.11 Å². The molecule has 1 aromatic heterocycles. The summed E-state index contributed by atoms with van der Waals surface area (Å²) in [4.78, 5) is 26.0. The summed E-state index contributed by atoms with van der Waals surface area (Å²) in [5.74, 6) is -1.05. The molecule has 0 saturated carbocycles. The van der Waals surface area contributed by atoms with Gasteiger partial charge in [-0.3, -0.25) is 19.1 Å². The first-order valence-electron chi connectivity index (χ1n) is 8.04. The smallest absolute Gasteiger partial charge is 0.264 e. The third kappa shape index (κ3) is 5.09. The van der Waals surface area contributed by atoms with E-state index in [2.05, 4.69) is 15.5 Å². The Labute approximate surface area is 154 Å². The summed E-state index contributed by atoms with van der Waals surface area (Å²) in [6.07, 6.45) is 3.00. The van der Waals surface area contributed by atoms with Gasteiger partial charge in [0.2, 0.25) is 11.8 Å². The van der Waals surface area contributed by atoms with Crippen molar-refractivity contribution in [2.45, 2.75) is 32.7 Å². The topological polar surface area (TPSA) is 99.5 Å². The number of hydrogen-bond donors (Lipinski definition) is 3. The third-order valence-electron chi connectivity index (χ3n) is 3.60. The van der Waals surface area contributed by atoms with E-state index >= 15 is 0 Å². The van der Waals surface area contributed by atoms with Gasteiger partial charge in [-0.25, -0.2) is 9.82 Å². The second-order valence-corrected chi connectivity index (χ2v) is 5.99. The molecule has 3 N–H and O–H groups in total. The van der Waals surface area contributed by atoms with E-state index in [-0.39, 0.29) is 28.6 Å². The Bertz CT molecular complexity index is 919. The lowest BCUT2D eigenvalue weighted by atomic mass is 10.2. The van der Waals surface area contributed by atoms with E-state index in [1.807, 2.05) is 6.92 Å². The van der Waals surface area contributed by atoms with Crippen molar-refractivity contribution in [3.63, 3.8) is 0 Å². The fourth-order valence-corrected chi connectivity index (χ4v) is 2.42. The first kappa shape index (κ1) is 19.5. The number of hydrogen-bond acceptors (Lipinski definition) is 5. The average Bonchev–Trinajstić information content (AvgIpc) is 2.61. The lowest BCUT2D eigenvalue weighted by Gasteiger charge is -2.11. The molecule has 7 nitrogen and oxygen atoms in total. The fourth-order valence-electron chi connectivity index (χ4n) is 2.17. The van der Waals surface area contributed by atoms with Crippen molar-refractivity contribution in [2.75, 3.05) is 0 Å². The zero-order valence-electron chi connectivity index (χ0n) is 14.2. The van der Waals surface area contributed by atoms with E-state index in [9.17, 15) is 19.1 Å². The van der Waals surface area contributed by atoms with Crippen LogP contribution in [0.4, 0.5) is 4.39 Å². The number of amides is 1. The molecule has 0 saturated heterocycles. The maximum absolute atomic E-state index is 13.0. The van der Waals surface area contributed by atoms with Crippen LogP contribution in [0.25, 0.3) is 0 Å². The summed E-state index contributed by atoms with van der Waals surface area (Å²) >= 11 is 5.07. The minimum atomic E-state index is -0.630. The molecule has 0 aliphatic heterocycles. The van der Waals surface area contributed by atoms with Gasteiger partial charge in [-0.2, -0.15) is 5.10 Å². The Balaban J connectivity index is 2.25. The molecular formula is C17H19FN4O3S. The van der Waals surface area contributed by atoms with Gasteiger partial charge in [0.05, 0.1) is 12.8 Å². The Hall–Kier alpha value is -2.81. The molecule has 26 heavy (non-hydrogen) atoms. The summed E-state index contributed by atoms with van der Waals surface area (Å²) in [5.41, 5.74) is 2.21. The molecule has 138 valence electrons. The number of nitrogens with zero attached hydrogens (tertiary/aromatic N) is 2. The van der Waals surface area contributed by atoms with E-state index in [4.69, 9.17) is 12.2 Å². The van der Waals surface area contributed by atoms with Crippen molar-refractivity contribution in [1.29, 1.82) is 0 Å². The third-order valence-corrected chi connectivity index (χ3v) is 3.92. The molecule has 2 rings (SSSR count). The lowest BCUT2D eigenvalue weighted by Crippen LogP contribution is -2.21. The van der Waals surface area contributed by atoms with Gasteiger partial charge in [0, 0.05) is 6.42 Å². The maximum atomic E-state index is 13.0. The molecule has 1 aromatic carbocycles. The van der Waals surface area contributed by atoms with Gasteiger partial charge in [0.1, 0.15) is 11.4 Å². The highest BCUT2D eigenvalue weighted by Crippen LogP contribution is 2.14. The van der Waals surface area contributed by atoms with Crippen LogP contribution in [-0.2, 0) is 11.3 Å². The lowest BCUT2D eigenvalue weighted by molar-refractivity contribution is -0.121. The number of aromatic nitrogens is 2. The molecule has 0 aliphatic rings. The molecular weight excluding hydrogens is 359 g/mol. The monoisotopic (exact) mass is 378 g/mol. The molecule has 1 heterocycles. The average molecular weight is 378 g/mol. The van der Waals surface area contributed by atoms with E-state index in [0.29, 0.717) is 12.0 Å². The molecule has 0 atom stereocenters. The number of nitrogens with one attached hydrogen (secondary N) is 2. The number of aromatic hydroxyl groups is 1. The van der Waals surface area contributed by atoms with Gasteiger partial charge in [0.25, 0.3) is 5.56 Å². The number of unbranched alkanes of at least 4 members (excludes halogenated alkanes) is 1. The predicted molar refractivity (Wildman–Crippen MR) is 98.3 cm³/mol. The minimum absolute atomic E-state index is 0.0148. The van der Waals surface area contributed by atoms with Crippen LogP contribution in [0.5, 0.6) is 5.88 Å². The molecule has 0 unspecified atom stereocenters.